The van der Waals surface area contributed by atoms with Crippen molar-refractivity contribution in [1.82, 2.24) is 9.88 Å². The fourth-order valence-corrected chi connectivity index (χ4v) is 2.29. The summed E-state index contributed by atoms with van der Waals surface area (Å²) in [6.07, 6.45) is -3.15. The molecule has 2 aromatic rings. The van der Waals surface area contributed by atoms with E-state index >= 15 is 0 Å². The molecule has 0 saturated carbocycles. The van der Waals surface area contributed by atoms with E-state index in [9.17, 15) is 13.2 Å². The van der Waals surface area contributed by atoms with Crippen LogP contribution in [-0.4, -0.2) is 31.0 Å². The van der Waals surface area contributed by atoms with Crippen LogP contribution in [0.3, 0.4) is 0 Å². The Morgan fingerprint density at radius 1 is 1.24 bits per heavy atom. The van der Waals surface area contributed by atoms with Gasteiger partial charge in [0.25, 0.3) is 0 Å². The molecule has 0 radical (unpaired) electrons. The molecule has 1 N–H and O–H groups in total. The fraction of sp³-hybridized carbons (Fsp3) is 0.467. The van der Waals surface area contributed by atoms with Gasteiger partial charge in [-0.3, -0.25) is 0 Å². The number of para-hydroxylation sites is 1. The lowest BCUT2D eigenvalue weighted by atomic mass is 10.2. The SMILES string of the molecule is COCCNCc1cn(CCC(F)(F)F)c2ccccc12. The Balaban J connectivity index is 2.14. The zero-order valence-electron chi connectivity index (χ0n) is 11.9. The normalized spacial score (nSPS) is 12.2. The third-order valence-corrected chi connectivity index (χ3v) is 3.31. The number of nitrogens with one attached hydrogen (secondary N) is 1. The molecule has 116 valence electrons. The number of nitrogens with zero attached hydrogens (tertiary/aromatic N) is 1. The Bertz CT molecular complexity index is 578. The van der Waals surface area contributed by atoms with E-state index in [4.69, 9.17) is 4.74 Å². The van der Waals surface area contributed by atoms with E-state index < -0.39 is 12.6 Å². The second kappa shape index (κ2) is 6.95. The number of methoxy groups -OCH3 is 1. The quantitative estimate of drug-likeness (QED) is 0.794. The van der Waals surface area contributed by atoms with Crippen LogP contribution in [0, 0.1) is 0 Å². The zero-order chi connectivity index (χ0) is 15.3. The molecule has 0 aliphatic carbocycles. The van der Waals surface area contributed by atoms with Gasteiger partial charge in [0, 0.05) is 43.8 Å². The Hall–Kier alpha value is -1.53. The molecule has 1 heterocycles. The van der Waals surface area contributed by atoms with Crippen LogP contribution < -0.4 is 5.32 Å². The van der Waals surface area contributed by atoms with Crippen LogP contribution in [0.2, 0.25) is 0 Å². The minimum atomic E-state index is -4.14. The third kappa shape index (κ3) is 4.47. The van der Waals surface area contributed by atoms with Crippen LogP contribution in [0.1, 0.15) is 12.0 Å². The molecule has 6 heteroatoms. The highest BCUT2D eigenvalue weighted by atomic mass is 19.4. The Labute approximate surface area is 121 Å². The number of aromatic nitrogens is 1. The molecule has 0 unspecified atom stereocenters. The summed E-state index contributed by atoms with van der Waals surface area (Å²) in [5.74, 6) is 0. The highest BCUT2D eigenvalue weighted by molar-refractivity contribution is 5.83. The number of rotatable bonds is 7. The summed E-state index contributed by atoms with van der Waals surface area (Å²) in [7, 11) is 1.63. The molecule has 0 spiro atoms. The van der Waals surface area contributed by atoms with E-state index in [0.29, 0.717) is 19.7 Å². The first-order valence-electron chi connectivity index (χ1n) is 6.84. The minimum Gasteiger partial charge on any atom is -0.383 e. The van der Waals surface area contributed by atoms with Crippen molar-refractivity contribution in [2.45, 2.75) is 25.7 Å². The number of aryl methyl sites for hydroxylation is 1. The summed E-state index contributed by atoms with van der Waals surface area (Å²) < 4.78 is 43.8. The molecular weight excluding hydrogens is 281 g/mol. The molecular formula is C15H19F3N2O. The maximum atomic E-state index is 12.4. The van der Waals surface area contributed by atoms with Crippen molar-refractivity contribution in [2.24, 2.45) is 0 Å². The number of alkyl halides is 3. The smallest absolute Gasteiger partial charge is 0.383 e. The van der Waals surface area contributed by atoms with Crippen LogP contribution in [0.25, 0.3) is 10.9 Å². The molecule has 0 amide bonds. The maximum Gasteiger partial charge on any atom is 0.390 e. The van der Waals surface area contributed by atoms with Crippen LogP contribution >= 0.6 is 0 Å². The lowest BCUT2D eigenvalue weighted by molar-refractivity contribution is -0.136. The molecule has 0 fully saturated rings. The van der Waals surface area contributed by atoms with Crippen LogP contribution in [0.5, 0.6) is 0 Å². The Kier molecular flexibility index (Phi) is 5.25. The molecule has 3 nitrogen and oxygen atoms in total. The summed E-state index contributed by atoms with van der Waals surface area (Å²) in [6, 6.07) is 7.53. The highest BCUT2D eigenvalue weighted by Crippen LogP contribution is 2.25. The number of hydrogen-bond donors (Lipinski definition) is 1. The second-order valence-corrected chi connectivity index (χ2v) is 4.90. The molecule has 0 atom stereocenters. The number of fused-ring (bicyclic) bond motifs is 1. The molecule has 0 saturated heterocycles. The first-order valence-corrected chi connectivity index (χ1v) is 6.84. The van der Waals surface area contributed by atoms with Gasteiger partial charge in [0.15, 0.2) is 0 Å². The van der Waals surface area contributed by atoms with Crippen molar-refractivity contribution < 1.29 is 17.9 Å². The second-order valence-electron chi connectivity index (χ2n) is 4.90. The minimum absolute atomic E-state index is 0.0535. The summed E-state index contributed by atoms with van der Waals surface area (Å²) in [4.78, 5) is 0. The molecule has 1 aromatic carbocycles. The van der Waals surface area contributed by atoms with Crippen molar-refractivity contribution in [3.8, 4) is 0 Å². The van der Waals surface area contributed by atoms with E-state index in [-0.39, 0.29) is 6.54 Å². The summed E-state index contributed by atoms with van der Waals surface area (Å²) in [6.45, 7) is 1.87. The van der Waals surface area contributed by atoms with Crippen molar-refractivity contribution in [1.29, 1.82) is 0 Å². The van der Waals surface area contributed by atoms with Gasteiger partial charge in [0.05, 0.1) is 13.0 Å². The van der Waals surface area contributed by atoms with E-state index in [2.05, 4.69) is 5.32 Å². The predicted octanol–water partition coefficient (Wildman–Crippen LogP) is 3.33. The molecule has 0 aliphatic rings. The lowest BCUT2D eigenvalue weighted by Crippen LogP contribution is -2.18. The highest BCUT2D eigenvalue weighted by Gasteiger charge is 2.26. The molecule has 1 aromatic heterocycles. The van der Waals surface area contributed by atoms with Gasteiger partial charge in [-0.25, -0.2) is 0 Å². The predicted molar refractivity (Wildman–Crippen MR) is 76.2 cm³/mol. The van der Waals surface area contributed by atoms with Crippen molar-refractivity contribution in [3.63, 3.8) is 0 Å². The van der Waals surface area contributed by atoms with E-state index in [1.165, 1.54) is 0 Å². The van der Waals surface area contributed by atoms with Gasteiger partial charge in [-0.15, -0.1) is 0 Å². The summed E-state index contributed by atoms with van der Waals surface area (Å²) in [5.41, 5.74) is 1.84. The number of halogens is 3. The average molecular weight is 300 g/mol. The number of ether oxygens (including phenoxy) is 1. The van der Waals surface area contributed by atoms with Crippen molar-refractivity contribution >= 4 is 10.9 Å². The van der Waals surface area contributed by atoms with Crippen molar-refractivity contribution in [3.05, 3.63) is 36.0 Å². The fourth-order valence-electron chi connectivity index (χ4n) is 2.29. The maximum absolute atomic E-state index is 12.4. The van der Waals surface area contributed by atoms with Crippen LogP contribution in [0.4, 0.5) is 13.2 Å². The third-order valence-electron chi connectivity index (χ3n) is 3.31. The van der Waals surface area contributed by atoms with Gasteiger partial charge < -0.3 is 14.6 Å². The van der Waals surface area contributed by atoms with Gasteiger partial charge >= 0.3 is 6.18 Å². The van der Waals surface area contributed by atoms with E-state index in [1.54, 1.807) is 17.9 Å². The van der Waals surface area contributed by atoms with Gasteiger partial charge in [-0.05, 0) is 11.6 Å². The van der Waals surface area contributed by atoms with Gasteiger partial charge in [0.1, 0.15) is 0 Å². The average Bonchev–Trinajstić information content (AvgIpc) is 2.79. The largest absolute Gasteiger partial charge is 0.390 e. The Morgan fingerprint density at radius 2 is 2.00 bits per heavy atom. The summed E-state index contributed by atoms with van der Waals surface area (Å²) >= 11 is 0. The van der Waals surface area contributed by atoms with E-state index in [0.717, 1.165) is 16.5 Å². The Morgan fingerprint density at radius 3 is 2.71 bits per heavy atom. The van der Waals surface area contributed by atoms with Gasteiger partial charge in [0.2, 0.25) is 0 Å². The van der Waals surface area contributed by atoms with Crippen molar-refractivity contribution in [2.75, 3.05) is 20.3 Å². The lowest BCUT2D eigenvalue weighted by Gasteiger charge is -2.08. The van der Waals surface area contributed by atoms with Gasteiger partial charge in [-0.2, -0.15) is 13.2 Å². The number of hydrogen-bond acceptors (Lipinski definition) is 2. The molecule has 2 rings (SSSR count). The van der Waals surface area contributed by atoms with Gasteiger partial charge in [-0.1, -0.05) is 18.2 Å². The van der Waals surface area contributed by atoms with E-state index in [1.807, 2.05) is 24.3 Å². The summed E-state index contributed by atoms with van der Waals surface area (Å²) in [5, 5.41) is 4.21. The standard InChI is InChI=1S/C15H19F3N2O/c1-21-9-7-19-10-12-11-20(8-6-15(16,17)18)14-5-3-2-4-13(12)14/h2-5,11,19H,6-10H2,1H3. The first-order chi connectivity index (χ1) is 10.0. The molecule has 21 heavy (non-hydrogen) atoms. The monoisotopic (exact) mass is 300 g/mol. The first kappa shape index (κ1) is 15.9. The van der Waals surface area contributed by atoms with Crippen LogP contribution in [-0.2, 0) is 17.8 Å². The number of benzene rings is 1. The zero-order valence-corrected chi connectivity index (χ0v) is 11.9. The van der Waals surface area contributed by atoms with Crippen LogP contribution in [0.15, 0.2) is 30.5 Å². The molecule has 0 bridgehead atoms. The topological polar surface area (TPSA) is 26.2 Å². The molecule has 0 aliphatic heterocycles.